The molecule has 0 aromatic heterocycles. The molecule has 5 heteroatoms. The van der Waals surface area contributed by atoms with E-state index in [1.165, 1.54) is 0 Å². The SMILES string of the molecule is C/C(CN1c2ccccc2S(=O)c2ccccc21)=N\O. The third kappa shape index (κ3) is 2.00. The van der Waals surface area contributed by atoms with Crippen molar-refractivity contribution in [3.8, 4) is 0 Å². The summed E-state index contributed by atoms with van der Waals surface area (Å²) in [6.45, 7) is 2.22. The minimum absolute atomic E-state index is 0.460. The second-order valence-corrected chi connectivity index (χ2v) is 6.04. The monoisotopic (exact) mass is 286 g/mol. The summed E-state index contributed by atoms with van der Waals surface area (Å²) in [4.78, 5) is 3.61. The van der Waals surface area contributed by atoms with Crippen LogP contribution in [0.4, 0.5) is 11.4 Å². The number of benzene rings is 2. The van der Waals surface area contributed by atoms with Crippen molar-refractivity contribution in [2.24, 2.45) is 5.16 Å². The van der Waals surface area contributed by atoms with Gasteiger partial charge in [-0.1, -0.05) is 29.4 Å². The van der Waals surface area contributed by atoms with E-state index in [-0.39, 0.29) is 0 Å². The molecule has 2 aromatic rings. The summed E-state index contributed by atoms with van der Waals surface area (Å²) in [7, 11) is -1.17. The average Bonchev–Trinajstić information content (AvgIpc) is 2.51. The van der Waals surface area contributed by atoms with Crippen molar-refractivity contribution in [2.75, 3.05) is 11.4 Å². The summed E-state index contributed by atoms with van der Waals surface area (Å²) in [5.41, 5.74) is 2.39. The van der Waals surface area contributed by atoms with Gasteiger partial charge in [-0.2, -0.15) is 0 Å². The Balaban J connectivity index is 2.19. The zero-order valence-electron chi connectivity index (χ0n) is 11.0. The minimum Gasteiger partial charge on any atom is -0.411 e. The Morgan fingerprint density at radius 3 is 2.10 bits per heavy atom. The lowest BCUT2D eigenvalue weighted by Crippen LogP contribution is -2.28. The van der Waals surface area contributed by atoms with E-state index in [2.05, 4.69) is 5.16 Å². The molecule has 1 aliphatic rings. The first-order valence-electron chi connectivity index (χ1n) is 6.27. The lowest BCUT2D eigenvalue weighted by Gasteiger charge is -2.32. The Morgan fingerprint density at radius 2 is 1.60 bits per heavy atom. The molecule has 1 aliphatic heterocycles. The fourth-order valence-electron chi connectivity index (χ4n) is 2.35. The van der Waals surface area contributed by atoms with Gasteiger partial charge in [-0.05, 0) is 31.2 Å². The van der Waals surface area contributed by atoms with Crippen LogP contribution in [0.3, 0.4) is 0 Å². The topological polar surface area (TPSA) is 52.9 Å². The molecule has 0 bridgehead atoms. The molecule has 0 saturated heterocycles. The molecule has 0 spiro atoms. The predicted octanol–water partition coefficient (Wildman–Crippen LogP) is 3.15. The highest BCUT2D eigenvalue weighted by Crippen LogP contribution is 2.41. The second kappa shape index (κ2) is 5.09. The molecule has 1 N–H and O–H groups in total. The first kappa shape index (κ1) is 12.9. The summed E-state index contributed by atoms with van der Waals surface area (Å²) >= 11 is 0. The maximum absolute atomic E-state index is 12.6. The number of para-hydroxylation sites is 2. The van der Waals surface area contributed by atoms with Crippen LogP contribution in [0.15, 0.2) is 63.5 Å². The van der Waals surface area contributed by atoms with Crippen LogP contribution in [-0.2, 0) is 10.8 Å². The number of nitrogens with zero attached hydrogens (tertiary/aromatic N) is 2. The minimum atomic E-state index is -1.17. The normalized spacial score (nSPS) is 14.8. The van der Waals surface area contributed by atoms with Crippen molar-refractivity contribution in [1.29, 1.82) is 0 Å². The fraction of sp³-hybridized carbons (Fsp3) is 0.133. The van der Waals surface area contributed by atoms with Gasteiger partial charge >= 0.3 is 0 Å². The molecule has 0 amide bonds. The van der Waals surface area contributed by atoms with Crippen LogP contribution in [0, 0.1) is 0 Å². The lowest BCUT2D eigenvalue weighted by molar-refractivity contribution is 0.318. The summed E-state index contributed by atoms with van der Waals surface area (Å²) in [5, 5.41) is 12.2. The molecule has 0 radical (unpaired) electrons. The summed E-state index contributed by atoms with van der Waals surface area (Å²) in [5.74, 6) is 0. The largest absolute Gasteiger partial charge is 0.411 e. The molecular formula is C15H14N2O2S. The van der Waals surface area contributed by atoms with Crippen molar-refractivity contribution in [2.45, 2.75) is 16.7 Å². The van der Waals surface area contributed by atoms with Crippen LogP contribution in [0.5, 0.6) is 0 Å². The van der Waals surface area contributed by atoms with Gasteiger partial charge in [-0.25, -0.2) is 4.21 Å². The molecule has 4 nitrogen and oxygen atoms in total. The Hall–Kier alpha value is -2.14. The van der Waals surface area contributed by atoms with Crippen LogP contribution in [0.25, 0.3) is 0 Å². The molecule has 2 aromatic carbocycles. The van der Waals surface area contributed by atoms with Gasteiger partial charge in [0.15, 0.2) is 0 Å². The number of oxime groups is 1. The molecule has 0 atom stereocenters. The smallest absolute Gasteiger partial charge is 0.0892 e. The standard InChI is InChI=1S/C15H14N2O2S/c1-11(16-18)10-17-12-6-2-4-8-14(12)20(19)15-9-5-3-7-13(15)17/h2-9,18H,10H2,1H3/b16-11+. The molecule has 0 saturated carbocycles. The van der Waals surface area contributed by atoms with E-state index < -0.39 is 10.8 Å². The van der Waals surface area contributed by atoms with Gasteiger partial charge in [-0.3, -0.25) is 0 Å². The second-order valence-electron chi connectivity index (χ2n) is 4.63. The predicted molar refractivity (Wildman–Crippen MR) is 79.5 cm³/mol. The van der Waals surface area contributed by atoms with Crippen molar-refractivity contribution in [3.05, 3.63) is 48.5 Å². The van der Waals surface area contributed by atoms with Gasteiger partial charge in [0.05, 0.1) is 44.2 Å². The third-order valence-electron chi connectivity index (χ3n) is 3.27. The summed E-state index contributed by atoms with van der Waals surface area (Å²) < 4.78 is 12.6. The maximum Gasteiger partial charge on any atom is 0.0892 e. The van der Waals surface area contributed by atoms with Gasteiger partial charge < -0.3 is 10.1 Å². The molecule has 20 heavy (non-hydrogen) atoms. The molecule has 102 valence electrons. The Bertz CT molecular complexity index is 663. The molecule has 1 heterocycles. The van der Waals surface area contributed by atoms with E-state index in [0.717, 1.165) is 21.2 Å². The van der Waals surface area contributed by atoms with Crippen LogP contribution < -0.4 is 4.90 Å². The van der Waals surface area contributed by atoms with E-state index >= 15 is 0 Å². The Kier molecular flexibility index (Phi) is 3.28. The van der Waals surface area contributed by atoms with E-state index in [1.807, 2.05) is 53.4 Å². The maximum atomic E-state index is 12.6. The zero-order valence-corrected chi connectivity index (χ0v) is 11.8. The molecule has 0 fully saturated rings. The van der Waals surface area contributed by atoms with Crippen molar-refractivity contribution in [1.82, 2.24) is 0 Å². The number of hydrogen-bond donors (Lipinski definition) is 1. The summed E-state index contributed by atoms with van der Waals surface area (Å²) in [6, 6.07) is 15.2. The van der Waals surface area contributed by atoms with Gasteiger partial charge in [-0.15, -0.1) is 0 Å². The van der Waals surface area contributed by atoms with Gasteiger partial charge in [0, 0.05) is 0 Å². The van der Waals surface area contributed by atoms with Gasteiger partial charge in [0.2, 0.25) is 0 Å². The Morgan fingerprint density at radius 1 is 1.10 bits per heavy atom. The highest BCUT2D eigenvalue weighted by atomic mass is 32.2. The van der Waals surface area contributed by atoms with Crippen molar-refractivity contribution < 1.29 is 9.42 Å². The van der Waals surface area contributed by atoms with E-state index in [9.17, 15) is 4.21 Å². The van der Waals surface area contributed by atoms with E-state index in [1.54, 1.807) is 6.92 Å². The first-order valence-corrected chi connectivity index (χ1v) is 7.42. The van der Waals surface area contributed by atoms with Crippen LogP contribution in [-0.4, -0.2) is 21.7 Å². The van der Waals surface area contributed by atoms with Crippen LogP contribution in [0.2, 0.25) is 0 Å². The molecule has 3 rings (SSSR count). The van der Waals surface area contributed by atoms with E-state index in [0.29, 0.717) is 12.3 Å². The van der Waals surface area contributed by atoms with E-state index in [4.69, 9.17) is 5.21 Å². The first-order chi connectivity index (χ1) is 9.72. The number of anilines is 2. The molecule has 0 aliphatic carbocycles. The highest BCUT2D eigenvalue weighted by molar-refractivity contribution is 7.85. The fourth-order valence-corrected chi connectivity index (χ4v) is 3.73. The van der Waals surface area contributed by atoms with Gasteiger partial charge in [0.1, 0.15) is 0 Å². The number of rotatable bonds is 2. The van der Waals surface area contributed by atoms with Crippen LogP contribution in [0.1, 0.15) is 6.92 Å². The summed E-state index contributed by atoms with van der Waals surface area (Å²) in [6.07, 6.45) is 0. The number of fused-ring (bicyclic) bond motifs is 2. The third-order valence-corrected chi connectivity index (χ3v) is 4.76. The Labute approximate surface area is 119 Å². The zero-order chi connectivity index (χ0) is 14.1. The number of hydrogen-bond acceptors (Lipinski definition) is 4. The van der Waals surface area contributed by atoms with Crippen LogP contribution >= 0.6 is 0 Å². The van der Waals surface area contributed by atoms with Crippen molar-refractivity contribution >= 4 is 27.9 Å². The highest BCUT2D eigenvalue weighted by Gasteiger charge is 2.27. The van der Waals surface area contributed by atoms with Crippen molar-refractivity contribution in [3.63, 3.8) is 0 Å². The van der Waals surface area contributed by atoms with Gasteiger partial charge in [0.25, 0.3) is 0 Å². The quantitative estimate of drug-likeness (QED) is 0.524. The lowest BCUT2D eigenvalue weighted by atomic mass is 10.2. The molecular weight excluding hydrogens is 272 g/mol. The average molecular weight is 286 g/mol. The molecule has 0 unspecified atom stereocenters.